The molecule has 4 N–H and O–H groups in total. The predicted molar refractivity (Wildman–Crippen MR) is 518 cm³/mol. The first kappa shape index (κ1) is 95.8. The molecule has 0 unspecified atom stereocenters. The summed E-state index contributed by atoms with van der Waals surface area (Å²) in [7, 11) is 2.08. The first-order valence-corrected chi connectivity index (χ1v) is 44.4. The van der Waals surface area contributed by atoms with Crippen LogP contribution in [-0.4, -0.2) is 177 Å². The molecule has 2 aliphatic heterocycles. The summed E-state index contributed by atoms with van der Waals surface area (Å²) in [6.45, 7) is 8.09. The molecule has 35 nitrogen and oxygen atoms in total. The summed E-state index contributed by atoms with van der Waals surface area (Å²) in [5, 5.41) is 4.18. The van der Waals surface area contributed by atoms with Crippen molar-refractivity contribution in [3.8, 4) is 73.6 Å². The van der Waals surface area contributed by atoms with Crippen LogP contribution in [0.4, 0.5) is 64.3 Å². The van der Waals surface area contributed by atoms with Gasteiger partial charge in [0.15, 0.2) is 5.82 Å². The van der Waals surface area contributed by atoms with Crippen molar-refractivity contribution in [2.24, 2.45) is 0 Å². The van der Waals surface area contributed by atoms with Crippen LogP contribution >= 0.6 is 0 Å². The third-order valence-electron chi connectivity index (χ3n) is 24.1. The molecule has 0 amide bonds. The van der Waals surface area contributed by atoms with Gasteiger partial charge in [-0.1, -0.05) is 24.3 Å². The van der Waals surface area contributed by atoms with E-state index in [2.05, 4.69) is 107 Å². The normalized spacial score (nSPS) is 13.3. The van der Waals surface area contributed by atoms with Gasteiger partial charge in [0.1, 0.15) is 39.5 Å². The molecule has 21 aromatic rings. The summed E-state index contributed by atoms with van der Waals surface area (Å²) in [6.07, 6.45) is -1.89. The van der Waals surface area contributed by atoms with E-state index in [1.54, 1.807) is 122 Å². The fraction of sp³-hybridized carbons (Fsp3) is 0.140. The molecule has 0 spiro atoms. The monoisotopic (exact) mass is 2000 g/mol. The third kappa shape index (κ3) is 19.2. The van der Waals surface area contributed by atoms with Crippen LogP contribution in [0.1, 0.15) is 28.1 Å². The number of anilines is 2. The zero-order chi connectivity index (χ0) is 103. The average molecular weight is 2010 g/mol. The first-order chi connectivity index (χ1) is 70.5. The van der Waals surface area contributed by atoms with Gasteiger partial charge in [-0.25, -0.2) is 68.7 Å². The van der Waals surface area contributed by atoms with Gasteiger partial charge in [0, 0.05) is 130 Å². The Bertz CT molecular complexity index is 9320. The Labute approximate surface area is 812 Å². The van der Waals surface area contributed by atoms with Crippen LogP contribution in [0.25, 0.3) is 161 Å². The van der Waals surface area contributed by atoms with Gasteiger partial charge in [0.25, 0.3) is 22.2 Å². The maximum absolute atomic E-state index is 13.4. The lowest BCUT2D eigenvalue weighted by Crippen LogP contribution is -2.44. The number of halogens is 12. The van der Waals surface area contributed by atoms with Crippen molar-refractivity contribution in [3.63, 3.8) is 0 Å². The molecule has 736 valence electrons. The number of H-pyrrole nitrogens is 4. The molecule has 47 heteroatoms. The van der Waals surface area contributed by atoms with E-state index in [1.165, 1.54) is 73.3 Å². The van der Waals surface area contributed by atoms with Gasteiger partial charge < -0.3 is 19.4 Å². The number of nitrogens with one attached hydrogen (secondary N) is 4. The van der Waals surface area contributed by atoms with Crippen LogP contribution in [0.3, 0.4) is 0 Å². The largest absolute Gasteiger partial charge is 0.416 e. The van der Waals surface area contributed by atoms with Crippen LogP contribution in [-0.2, 0) is 29.4 Å². The van der Waals surface area contributed by atoms with Crippen molar-refractivity contribution >= 4 is 99.4 Å². The second-order valence-electron chi connectivity index (χ2n) is 33.5. The number of pyridine rings is 11. The number of rotatable bonds is 11. The van der Waals surface area contributed by atoms with E-state index < -0.39 is 92.0 Å². The number of hydrogen-bond acceptors (Lipinski definition) is 26. The highest BCUT2D eigenvalue weighted by atomic mass is 19.4. The van der Waals surface area contributed by atoms with Crippen molar-refractivity contribution in [2.75, 3.05) is 69.3 Å². The summed E-state index contributed by atoms with van der Waals surface area (Å²) >= 11 is 0. The number of aryl methyl sites for hydroxylation is 1. The second-order valence-corrected chi connectivity index (χ2v) is 33.5. The van der Waals surface area contributed by atoms with Crippen LogP contribution in [0.5, 0.6) is 0 Å². The van der Waals surface area contributed by atoms with Crippen molar-refractivity contribution < 1.29 is 57.4 Å². The fourth-order valence-electron chi connectivity index (χ4n) is 16.9. The topological polar surface area (TPSA) is 424 Å². The van der Waals surface area contributed by atoms with Gasteiger partial charge in [-0.05, 0) is 178 Å². The minimum absolute atomic E-state index is 0.00122. The molecule has 2 fully saturated rings. The summed E-state index contributed by atoms with van der Waals surface area (Å²) < 4.78 is 172. The highest BCUT2D eigenvalue weighted by molar-refractivity contribution is 6.05. The third-order valence-corrected chi connectivity index (χ3v) is 24.1. The zero-order valence-electron chi connectivity index (χ0n) is 76.0. The molecule has 2 saturated heterocycles. The number of benzene rings is 4. The van der Waals surface area contributed by atoms with E-state index in [-0.39, 0.29) is 88.4 Å². The number of likely N-dealkylation sites (N-methyl/N-ethyl adjacent to an activating group) is 1. The molecular weight excluding hydrogens is 1940 g/mol. The molecule has 0 bridgehead atoms. The highest BCUT2D eigenvalue weighted by Gasteiger charge is 2.36. The van der Waals surface area contributed by atoms with Crippen LogP contribution in [0, 0.1) is 6.92 Å². The minimum atomic E-state index is -4.62. The van der Waals surface area contributed by atoms with Gasteiger partial charge >= 0.3 is 47.5 Å². The number of fused-ring (bicyclic) bond motifs is 12. The molecule has 0 radical (unpaired) electrons. The Morgan fingerprint density at radius 1 is 0.306 bits per heavy atom. The number of ether oxygens (including phenoxy) is 1. The van der Waals surface area contributed by atoms with E-state index in [1.807, 2.05) is 24.3 Å². The summed E-state index contributed by atoms with van der Waals surface area (Å²) in [4.78, 5) is 175. The molecule has 19 heterocycles. The van der Waals surface area contributed by atoms with Crippen LogP contribution in [0.15, 0.2) is 295 Å². The number of nitrogens with zero attached hydrogens (tertiary/aromatic N) is 22. The van der Waals surface area contributed by atoms with E-state index in [9.17, 15) is 91.0 Å². The molecule has 0 atom stereocenters. The molecule has 147 heavy (non-hydrogen) atoms. The van der Waals surface area contributed by atoms with Gasteiger partial charge in [-0.2, -0.15) is 57.8 Å². The Balaban J connectivity index is 0.000000119. The number of alkyl halides is 12. The maximum Gasteiger partial charge on any atom is 0.416 e. The first-order valence-electron chi connectivity index (χ1n) is 44.4. The second kappa shape index (κ2) is 38.3. The number of hydrogen-bond donors (Lipinski definition) is 4. The maximum atomic E-state index is 13.4. The molecule has 0 saturated carbocycles. The van der Waals surface area contributed by atoms with Gasteiger partial charge in [0.2, 0.25) is 0 Å². The molecular formula is C100H68F12N26O9. The van der Waals surface area contributed by atoms with E-state index in [0.29, 0.717) is 92.0 Å². The highest BCUT2D eigenvalue weighted by Crippen LogP contribution is 2.39. The number of aromatic amines is 4. The predicted octanol–water partition coefficient (Wildman–Crippen LogP) is 14.3. The smallest absolute Gasteiger partial charge is 0.378 e. The lowest BCUT2D eigenvalue weighted by atomic mass is 10.1. The Kier molecular flexibility index (Phi) is 25.0. The SMILES string of the molecule is CN1CCN(c2ccc(-c3ccc4ncc5c(=O)[nH]c(=O)n(-c6cccc(C(F)(F)F)c6)c5c4n3)cn2)CC1.Cc1ncc(-c2ccc3ncc4c(=O)[nH]c(=O)n(-c5cccc(C(F)(F)F)c5)c4c3n2)cn1.O=c1[nH]c(=O)n(-c2cccc(C(F)(F)F)c2)c2c1cnc1ccc(-c3ccc(-n4cccn4)nc3)nc12.O=c1[nH]c(=O)n(-c2cccc(C(F)(F)F)c2)c2c1cnc1ccc(-c3ccc(N4CCOCC4)nc3)nc12. The fourth-order valence-corrected chi connectivity index (χ4v) is 16.9. The Hall–Kier alpha value is -18.7. The number of morpholine rings is 1. The van der Waals surface area contributed by atoms with Crippen LogP contribution < -0.4 is 54.8 Å². The molecule has 23 rings (SSSR count). The van der Waals surface area contributed by atoms with Gasteiger partial charge in [-0.15, -0.1) is 0 Å². The molecule has 17 aromatic heterocycles. The number of piperazine rings is 1. The molecule has 2 aliphatic rings. The zero-order valence-corrected chi connectivity index (χ0v) is 76.0. The standard InChI is InChI=1S/C27H22F3N7O2.C26H19F3N6O3.C25H14F3N7O2.C22H13F3N6O2/c1-35-9-11-36(12-10-35)22-8-5-16(14-32-22)20-6-7-21-23(33-20)24-19(15-31-21)25(38)34-26(39)37(24)18-4-2-3-17(13-18)27(28,29)30;27-26(28,29)16-2-1-3-17(12-16)35-23-18(24(36)33-25(35)37)14-30-20-6-5-19(32-22(20)23)15-4-7-21(31-13-15)34-8-10-38-11-9-34;26-25(27,28)15-3-1-4-16(11-15)35-22-17(23(36)33-24(35)37)13-29-19-7-6-18(32-21(19)22)14-5-8-20(30-12-14)34-10-2-9-31-34;1-11-26-8-12(9-27-11)16-5-6-17-18(29-16)19-15(10-28-17)20(32)30-21(33)31(19)14-4-2-3-13(7-14)22(23,24)25/h2-8,13-15H,9-12H2,1H3,(H,34,38,39);1-7,12-14H,8-11H2,(H,33,36,37);1-13H,(H,33,36,37);2-10H,1H3,(H,30,32,33). The quantitative estimate of drug-likeness (QED) is 0.0690. The summed E-state index contributed by atoms with van der Waals surface area (Å²) in [6, 6.07) is 43.5. The lowest BCUT2D eigenvalue weighted by molar-refractivity contribution is -0.138. The average Bonchev–Trinajstić information content (AvgIpc) is 0.903. The summed E-state index contributed by atoms with van der Waals surface area (Å²) in [5.74, 6) is 2.81. The lowest BCUT2D eigenvalue weighted by Gasteiger charge is -2.33. The summed E-state index contributed by atoms with van der Waals surface area (Å²) in [5.41, 5.74) is -3.56. The Morgan fingerprint density at radius 2 is 0.599 bits per heavy atom. The van der Waals surface area contributed by atoms with Gasteiger partial charge in [-0.3, -0.25) is 77.3 Å². The van der Waals surface area contributed by atoms with Crippen LogP contribution in [0.2, 0.25) is 0 Å². The van der Waals surface area contributed by atoms with Crippen molar-refractivity contribution in [2.45, 2.75) is 31.6 Å². The van der Waals surface area contributed by atoms with E-state index in [4.69, 9.17) is 9.72 Å². The van der Waals surface area contributed by atoms with Crippen molar-refractivity contribution in [1.29, 1.82) is 0 Å². The van der Waals surface area contributed by atoms with E-state index in [0.717, 1.165) is 118 Å². The van der Waals surface area contributed by atoms with E-state index >= 15 is 0 Å². The molecule has 4 aromatic carbocycles. The van der Waals surface area contributed by atoms with Crippen molar-refractivity contribution in [1.82, 2.24) is 118 Å². The number of aromatic nitrogens is 23. The minimum Gasteiger partial charge on any atom is -0.378 e. The Morgan fingerprint density at radius 3 is 0.884 bits per heavy atom. The van der Waals surface area contributed by atoms with Crippen molar-refractivity contribution in [3.05, 3.63) is 368 Å². The van der Waals surface area contributed by atoms with Gasteiger partial charge in [0.05, 0.1) is 147 Å². The molecule has 0 aliphatic carbocycles.